The minimum Gasteiger partial charge on any atom is -0.305 e. The number of benzene rings is 3. The van der Waals surface area contributed by atoms with E-state index < -0.39 is 9.84 Å². The Balaban J connectivity index is 1.73. The van der Waals surface area contributed by atoms with E-state index in [2.05, 4.69) is 21.2 Å². The zero-order valence-electron chi connectivity index (χ0n) is 14.2. The fourth-order valence-electron chi connectivity index (χ4n) is 2.82. The van der Waals surface area contributed by atoms with Crippen molar-refractivity contribution in [3.8, 4) is 0 Å². The average molecular weight is 430 g/mol. The topological polar surface area (TPSA) is 46.2 Å². The highest BCUT2D eigenvalue weighted by Crippen LogP contribution is 2.22. The predicted octanol–water partition coefficient (Wildman–Crippen LogP) is 4.60. The molecule has 5 heteroatoms. The number of nitrogens with one attached hydrogen (secondary N) is 1. The van der Waals surface area contributed by atoms with E-state index in [-0.39, 0.29) is 11.8 Å². The summed E-state index contributed by atoms with van der Waals surface area (Å²) in [5.41, 5.74) is 2.22. The maximum atomic E-state index is 12.5. The summed E-state index contributed by atoms with van der Waals surface area (Å²) in [6.45, 7) is 0.368. The molecule has 3 nitrogen and oxygen atoms in total. The van der Waals surface area contributed by atoms with Crippen LogP contribution in [0.1, 0.15) is 17.2 Å². The Morgan fingerprint density at radius 2 is 1.27 bits per heavy atom. The third-order valence-corrected chi connectivity index (χ3v) is 6.42. The lowest BCUT2D eigenvalue weighted by molar-refractivity contribution is 0.582. The molecular weight excluding hydrogens is 410 g/mol. The van der Waals surface area contributed by atoms with E-state index in [0.717, 1.165) is 15.6 Å². The van der Waals surface area contributed by atoms with Crippen molar-refractivity contribution in [2.24, 2.45) is 0 Å². The zero-order chi connectivity index (χ0) is 18.4. The van der Waals surface area contributed by atoms with Gasteiger partial charge in [0.05, 0.1) is 16.7 Å². The highest BCUT2D eigenvalue weighted by atomic mass is 79.9. The Bertz CT molecular complexity index is 887. The quantitative estimate of drug-likeness (QED) is 0.596. The van der Waals surface area contributed by atoms with Crippen LogP contribution < -0.4 is 5.32 Å². The lowest BCUT2D eigenvalue weighted by Gasteiger charge is -2.20. The molecular formula is C21H20BrNO2S. The van der Waals surface area contributed by atoms with Crippen molar-refractivity contribution in [1.29, 1.82) is 0 Å². The molecule has 0 heterocycles. The van der Waals surface area contributed by atoms with Crippen LogP contribution in [0.3, 0.4) is 0 Å². The van der Waals surface area contributed by atoms with Gasteiger partial charge in [-0.05, 0) is 35.4 Å². The maximum Gasteiger partial charge on any atom is 0.179 e. The Morgan fingerprint density at radius 1 is 0.769 bits per heavy atom. The molecule has 0 aliphatic rings. The van der Waals surface area contributed by atoms with Crippen LogP contribution in [0.2, 0.25) is 0 Å². The number of hydrogen-bond donors (Lipinski definition) is 1. The molecule has 0 saturated heterocycles. The molecule has 0 radical (unpaired) electrons. The van der Waals surface area contributed by atoms with Crippen LogP contribution in [0.15, 0.2) is 94.3 Å². The first kappa shape index (κ1) is 18.8. The summed E-state index contributed by atoms with van der Waals surface area (Å²) in [6, 6.07) is 26.8. The zero-order valence-corrected chi connectivity index (χ0v) is 16.6. The van der Waals surface area contributed by atoms with Crippen molar-refractivity contribution in [3.63, 3.8) is 0 Å². The Labute approximate surface area is 163 Å². The molecule has 0 atom stereocenters. The van der Waals surface area contributed by atoms with Gasteiger partial charge in [0.25, 0.3) is 0 Å². The van der Waals surface area contributed by atoms with Gasteiger partial charge in [-0.15, -0.1) is 0 Å². The lowest BCUT2D eigenvalue weighted by atomic mass is 9.99. The second-order valence-electron chi connectivity index (χ2n) is 5.98. The van der Waals surface area contributed by atoms with Crippen molar-refractivity contribution < 1.29 is 8.42 Å². The summed E-state index contributed by atoms with van der Waals surface area (Å²) in [5.74, 6) is 0.0464. The Hall–Kier alpha value is -1.95. The summed E-state index contributed by atoms with van der Waals surface area (Å²) in [4.78, 5) is 0.346. The smallest absolute Gasteiger partial charge is 0.179 e. The summed E-state index contributed by atoms with van der Waals surface area (Å²) in [5, 5.41) is 3.40. The van der Waals surface area contributed by atoms with Gasteiger partial charge in [-0.1, -0.05) is 76.6 Å². The third kappa shape index (κ3) is 4.81. The van der Waals surface area contributed by atoms with Crippen LogP contribution in [0.5, 0.6) is 0 Å². The number of rotatable bonds is 7. The van der Waals surface area contributed by atoms with Crippen LogP contribution in [-0.2, 0) is 9.84 Å². The van der Waals surface area contributed by atoms with Crippen LogP contribution in [0.4, 0.5) is 0 Å². The normalized spacial score (nSPS) is 11.6. The molecule has 3 aromatic carbocycles. The largest absolute Gasteiger partial charge is 0.305 e. The highest BCUT2D eigenvalue weighted by Gasteiger charge is 2.17. The molecule has 134 valence electrons. The molecule has 0 aliphatic heterocycles. The number of sulfone groups is 1. The van der Waals surface area contributed by atoms with Crippen molar-refractivity contribution in [2.75, 3.05) is 12.3 Å². The Morgan fingerprint density at radius 3 is 1.77 bits per heavy atom. The first-order chi connectivity index (χ1) is 12.6. The van der Waals surface area contributed by atoms with Gasteiger partial charge in [-0.3, -0.25) is 0 Å². The Kier molecular flexibility index (Phi) is 6.25. The van der Waals surface area contributed by atoms with Gasteiger partial charge in [0.2, 0.25) is 0 Å². The van der Waals surface area contributed by atoms with Crippen LogP contribution >= 0.6 is 15.9 Å². The van der Waals surface area contributed by atoms with Gasteiger partial charge in [0.15, 0.2) is 9.84 Å². The minimum atomic E-state index is -3.32. The fraction of sp³-hybridized carbons (Fsp3) is 0.143. The number of hydrogen-bond acceptors (Lipinski definition) is 3. The second kappa shape index (κ2) is 8.62. The van der Waals surface area contributed by atoms with Gasteiger partial charge < -0.3 is 5.32 Å². The standard InChI is InChI=1S/C21H20BrNO2S/c22-19-11-13-20(14-12-19)26(24,25)16-15-23-21(17-7-3-1-4-8-17)18-9-5-2-6-10-18/h1-14,21,23H,15-16H2. The minimum absolute atomic E-state index is 0.0440. The van der Waals surface area contributed by atoms with Crippen LogP contribution in [0, 0.1) is 0 Å². The summed E-state index contributed by atoms with van der Waals surface area (Å²) in [7, 11) is -3.32. The van der Waals surface area contributed by atoms with E-state index in [1.807, 2.05) is 60.7 Å². The molecule has 0 bridgehead atoms. The fourth-order valence-corrected chi connectivity index (χ4v) is 4.25. The van der Waals surface area contributed by atoms with E-state index >= 15 is 0 Å². The van der Waals surface area contributed by atoms with Crippen molar-refractivity contribution in [3.05, 3.63) is 101 Å². The third-order valence-electron chi connectivity index (χ3n) is 4.16. The second-order valence-corrected chi connectivity index (χ2v) is 9.01. The average Bonchev–Trinajstić information content (AvgIpc) is 2.67. The maximum absolute atomic E-state index is 12.5. The first-order valence-electron chi connectivity index (χ1n) is 8.38. The molecule has 3 aromatic rings. The lowest BCUT2D eigenvalue weighted by Crippen LogP contribution is -2.28. The van der Waals surface area contributed by atoms with Gasteiger partial charge in [0, 0.05) is 11.0 Å². The van der Waals surface area contributed by atoms with E-state index in [4.69, 9.17) is 0 Å². The molecule has 0 aromatic heterocycles. The van der Waals surface area contributed by atoms with Gasteiger partial charge >= 0.3 is 0 Å². The molecule has 26 heavy (non-hydrogen) atoms. The SMILES string of the molecule is O=S(=O)(CCNC(c1ccccc1)c1ccccc1)c1ccc(Br)cc1. The van der Waals surface area contributed by atoms with E-state index in [0.29, 0.717) is 11.4 Å². The van der Waals surface area contributed by atoms with E-state index in [9.17, 15) is 8.42 Å². The van der Waals surface area contributed by atoms with Crippen molar-refractivity contribution in [1.82, 2.24) is 5.32 Å². The molecule has 0 amide bonds. The molecule has 0 fully saturated rings. The molecule has 0 spiro atoms. The summed E-state index contributed by atoms with van der Waals surface area (Å²) < 4.78 is 25.9. The monoisotopic (exact) mass is 429 g/mol. The molecule has 3 rings (SSSR count). The van der Waals surface area contributed by atoms with Crippen molar-refractivity contribution in [2.45, 2.75) is 10.9 Å². The predicted molar refractivity (Wildman–Crippen MR) is 109 cm³/mol. The summed E-state index contributed by atoms with van der Waals surface area (Å²) in [6.07, 6.45) is 0. The molecule has 1 N–H and O–H groups in total. The van der Waals surface area contributed by atoms with E-state index in [1.54, 1.807) is 24.3 Å². The molecule has 0 saturated carbocycles. The van der Waals surface area contributed by atoms with Gasteiger partial charge in [-0.25, -0.2) is 8.42 Å². The van der Waals surface area contributed by atoms with Gasteiger partial charge in [-0.2, -0.15) is 0 Å². The number of halogens is 1. The highest BCUT2D eigenvalue weighted by molar-refractivity contribution is 9.10. The van der Waals surface area contributed by atoms with E-state index in [1.165, 1.54) is 0 Å². The summed E-state index contributed by atoms with van der Waals surface area (Å²) >= 11 is 3.33. The molecule has 0 aliphatic carbocycles. The van der Waals surface area contributed by atoms with Crippen LogP contribution in [0.25, 0.3) is 0 Å². The van der Waals surface area contributed by atoms with Gasteiger partial charge in [0.1, 0.15) is 0 Å². The van der Waals surface area contributed by atoms with Crippen molar-refractivity contribution >= 4 is 25.8 Å². The first-order valence-corrected chi connectivity index (χ1v) is 10.8. The van der Waals surface area contributed by atoms with Crippen LogP contribution in [-0.4, -0.2) is 20.7 Å². The molecule has 0 unspecified atom stereocenters.